The lowest BCUT2D eigenvalue weighted by Crippen LogP contribution is -2.36. The largest absolute Gasteiger partial charge is 0.417 e. The Morgan fingerprint density at radius 3 is 2.58 bits per heavy atom. The molecule has 0 fully saturated rings. The number of anilines is 3. The van der Waals surface area contributed by atoms with Gasteiger partial charge in [0, 0.05) is 48.5 Å². The topological polar surface area (TPSA) is 97.5 Å². The molecule has 0 spiro atoms. The summed E-state index contributed by atoms with van der Waals surface area (Å²) in [6.07, 6.45) is 1.82. The van der Waals surface area contributed by atoms with Gasteiger partial charge in [0.05, 0.1) is 27.7 Å². The number of carbonyl (C=O) groups is 1. The molecule has 2 aromatic carbocycles. The number of rotatable bonds is 8. The van der Waals surface area contributed by atoms with Crippen molar-refractivity contribution in [2.24, 2.45) is 0 Å². The number of benzene rings is 2. The zero-order chi connectivity index (χ0) is 27.4. The number of hydrogen-bond donors (Lipinski definition) is 4. The highest BCUT2D eigenvalue weighted by Gasteiger charge is 2.35. The molecule has 38 heavy (non-hydrogen) atoms. The van der Waals surface area contributed by atoms with Gasteiger partial charge in [0.15, 0.2) is 0 Å². The van der Waals surface area contributed by atoms with Crippen molar-refractivity contribution in [3.05, 3.63) is 82.5 Å². The molecule has 1 aliphatic rings. The van der Waals surface area contributed by atoms with Crippen molar-refractivity contribution in [2.75, 3.05) is 42.8 Å². The lowest BCUT2D eigenvalue weighted by molar-refractivity contribution is -0.137. The Kier molecular flexibility index (Phi) is 8.05. The van der Waals surface area contributed by atoms with Crippen LogP contribution in [0.3, 0.4) is 0 Å². The van der Waals surface area contributed by atoms with Gasteiger partial charge >= 0.3 is 6.18 Å². The monoisotopic (exact) mass is 546 g/mol. The molecule has 13 heteroatoms. The Hall–Kier alpha value is -3.87. The maximum atomic E-state index is 13.7. The minimum Gasteiger partial charge on any atom is -0.383 e. The molecule has 0 saturated heterocycles. The van der Waals surface area contributed by atoms with E-state index in [0.717, 1.165) is 22.9 Å². The molecule has 1 amide bonds. The quantitative estimate of drug-likeness (QED) is 0.328. The van der Waals surface area contributed by atoms with Crippen LogP contribution in [0.2, 0.25) is 5.02 Å². The number of aryl methyl sites for hydroxylation is 1. The van der Waals surface area contributed by atoms with Gasteiger partial charge in [0.2, 0.25) is 0 Å². The van der Waals surface area contributed by atoms with Crippen LogP contribution in [0.4, 0.5) is 30.2 Å². The van der Waals surface area contributed by atoms with Gasteiger partial charge in [0.25, 0.3) is 5.91 Å². The Bertz CT molecular complexity index is 1350. The highest BCUT2D eigenvalue weighted by molar-refractivity contribution is 6.34. The summed E-state index contributed by atoms with van der Waals surface area (Å²) in [4.78, 5) is 22.9. The van der Waals surface area contributed by atoms with E-state index in [1.807, 2.05) is 25.9 Å². The van der Waals surface area contributed by atoms with E-state index in [4.69, 9.17) is 11.6 Å². The predicted octanol–water partition coefficient (Wildman–Crippen LogP) is 4.51. The van der Waals surface area contributed by atoms with Crippen molar-refractivity contribution >= 4 is 40.3 Å². The summed E-state index contributed by atoms with van der Waals surface area (Å²) in [6.45, 7) is 2.80. The lowest BCUT2D eigenvalue weighted by Gasteiger charge is -2.19. The van der Waals surface area contributed by atoms with E-state index in [-0.39, 0.29) is 11.3 Å². The van der Waals surface area contributed by atoms with Crippen molar-refractivity contribution in [1.29, 1.82) is 0 Å². The van der Waals surface area contributed by atoms with E-state index in [1.54, 1.807) is 41.8 Å². The van der Waals surface area contributed by atoms with Crippen molar-refractivity contribution in [3.8, 4) is 0 Å². The summed E-state index contributed by atoms with van der Waals surface area (Å²) in [6, 6.07) is 7.25. The molecule has 1 aliphatic heterocycles. The molecule has 0 atom stereocenters. The summed E-state index contributed by atoms with van der Waals surface area (Å²) < 4.78 is 41.1. The van der Waals surface area contributed by atoms with Gasteiger partial charge in [-0.25, -0.2) is 9.97 Å². The van der Waals surface area contributed by atoms with Gasteiger partial charge < -0.3 is 21.0 Å². The van der Waals surface area contributed by atoms with E-state index in [1.165, 1.54) is 12.4 Å². The first-order valence-corrected chi connectivity index (χ1v) is 11.9. The standard InChI is InChI=1S/C25H26ClF3N8O/c1-15-4-5-18(10-22(15)37-13-21(34-35-37)17-11-30-14-31-12-17)33-24(38)16-8-19(25(27,28)29)23(26)20(9-16)32-6-7-36(2)3/h4-5,8-14,32,34-35H,6-7H2,1-3H3,(H,33,38). The summed E-state index contributed by atoms with van der Waals surface area (Å²) in [5.74, 6) is -0.706. The van der Waals surface area contributed by atoms with Crippen molar-refractivity contribution < 1.29 is 18.0 Å². The number of amides is 1. The van der Waals surface area contributed by atoms with E-state index < -0.39 is 22.7 Å². The molecular formula is C25H26ClF3N8O. The molecule has 9 nitrogen and oxygen atoms in total. The Morgan fingerprint density at radius 1 is 1.16 bits per heavy atom. The molecule has 1 aromatic heterocycles. The SMILES string of the molecule is Cc1ccc(NC(=O)c2cc(NCCN(C)C)c(Cl)c(C(F)(F)F)c2)cc1N1C=C(c2cncnc2)NN1. The number of nitrogens with zero attached hydrogens (tertiary/aromatic N) is 4. The third-order valence-electron chi connectivity index (χ3n) is 5.68. The van der Waals surface area contributed by atoms with Gasteiger partial charge in [-0.3, -0.25) is 9.80 Å². The second-order valence-corrected chi connectivity index (χ2v) is 9.22. The fourth-order valence-corrected chi connectivity index (χ4v) is 3.97. The molecule has 0 aliphatic carbocycles. The number of aromatic nitrogens is 2. The highest BCUT2D eigenvalue weighted by Crippen LogP contribution is 2.39. The zero-order valence-electron chi connectivity index (χ0n) is 20.8. The van der Waals surface area contributed by atoms with Crippen LogP contribution in [0, 0.1) is 6.92 Å². The van der Waals surface area contributed by atoms with Crippen LogP contribution in [-0.2, 0) is 6.18 Å². The molecule has 4 rings (SSSR count). The number of likely N-dealkylation sites (N-methyl/N-ethyl adjacent to an activating group) is 1. The van der Waals surface area contributed by atoms with Crippen molar-refractivity contribution in [3.63, 3.8) is 0 Å². The molecule has 0 radical (unpaired) electrons. The smallest absolute Gasteiger partial charge is 0.383 e. The van der Waals surface area contributed by atoms with Crippen LogP contribution in [0.25, 0.3) is 5.70 Å². The first kappa shape index (κ1) is 27.2. The first-order valence-electron chi connectivity index (χ1n) is 11.5. The number of halogens is 4. The maximum Gasteiger partial charge on any atom is 0.417 e. The fourth-order valence-electron chi connectivity index (χ4n) is 3.68. The average molecular weight is 547 g/mol. The van der Waals surface area contributed by atoms with Gasteiger partial charge in [-0.15, -0.1) is 5.53 Å². The van der Waals surface area contributed by atoms with Crippen LogP contribution in [0.1, 0.15) is 27.0 Å². The number of hydrazine groups is 2. The second kappa shape index (κ2) is 11.3. The van der Waals surface area contributed by atoms with Gasteiger partial charge in [0.1, 0.15) is 6.33 Å². The summed E-state index contributed by atoms with van der Waals surface area (Å²) >= 11 is 6.05. The van der Waals surface area contributed by atoms with E-state index in [9.17, 15) is 18.0 Å². The summed E-state index contributed by atoms with van der Waals surface area (Å²) in [5, 5.41) is 6.82. The molecule has 0 saturated carbocycles. The number of nitrogens with one attached hydrogen (secondary N) is 4. The minimum absolute atomic E-state index is 0.0352. The Balaban J connectivity index is 1.58. The molecular weight excluding hydrogens is 521 g/mol. The second-order valence-electron chi connectivity index (χ2n) is 8.85. The first-order chi connectivity index (χ1) is 18.0. The number of alkyl halides is 3. The lowest BCUT2D eigenvalue weighted by atomic mass is 10.1. The molecule has 0 unspecified atom stereocenters. The van der Waals surface area contributed by atoms with Crippen LogP contribution >= 0.6 is 11.6 Å². The van der Waals surface area contributed by atoms with Gasteiger partial charge in [-0.2, -0.15) is 13.2 Å². The third kappa shape index (κ3) is 6.33. The van der Waals surface area contributed by atoms with Crippen LogP contribution in [0.5, 0.6) is 0 Å². The van der Waals surface area contributed by atoms with Crippen molar-refractivity contribution in [2.45, 2.75) is 13.1 Å². The number of carbonyl (C=O) groups excluding carboxylic acids is 1. The number of hydrogen-bond acceptors (Lipinski definition) is 8. The van der Waals surface area contributed by atoms with Crippen LogP contribution in [0.15, 0.2) is 55.3 Å². The zero-order valence-corrected chi connectivity index (χ0v) is 21.6. The van der Waals surface area contributed by atoms with E-state index >= 15 is 0 Å². The van der Waals surface area contributed by atoms with E-state index in [0.29, 0.717) is 24.5 Å². The summed E-state index contributed by atoms with van der Waals surface area (Å²) in [7, 11) is 3.68. The minimum atomic E-state index is -4.73. The fraction of sp³-hybridized carbons (Fsp3) is 0.240. The normalized spacial score (nSPS) is 13.4. The Morgan fingerprint density at radius 2 is 1.89 bits per heavy atom. The van der Waals surface area contributed by atoms with Crippen molar-refractivity contribution in [1.82, 2.24) is 25.8 Å². The molecule has 0 bridgehead atoms. The van der Waals surface area contributed by atoms with E-state index in [2.05, 4.69) is 31.6 Å². The Labute approximate surface area is 222 Å². The van der Waals surface area contributed by atoms with Crippen LogP contribution in [-0.4, -0.2) is 48.0 Å². The predicted molar refractivity (Wildman–Crippen MR) is 141 cm³/mol. The van der Waals surface area contributed by atoms with Gasteiger partial charge in [-0.05, 0) is 50.8 Å². The van der Waals surface area contributed by atoms with Gasteiger partial charge in [-0.1, -0.05) is 17.7 Å². The molecule has 2 heterocycles. The molecule has 3 aromatic rings. The van der Waals surface area contributed by atoms with Crippen LogP contribution < -0.4 is 26.6 Å². The summed E-state index contributed by atoms with van der Waals surface area (Å²) in [5.41, 5.74) is 8.30. The highest BCUT2D eigenvalue weighted by atomic mass is 35.5. The third-order valence-corrected chi connectivity index (χ3v) is 6.09. The maximum absolute atomic E-state index is 13.7. The molecule has 200 valence electrons. The average Bonchev–Trinajstić information content (AvgIpc) is 3.36. The molecule has 4 N–H and O–H groups in total.